The highest BCUT2D eigenvalue weighted by molar-refractivity contribution is 5.77. The molecule has 202 valence electrons. The normalized spacial score (nSPS) is 17.5. The number of nitriles is 1. The van der Waals surface area contributed by atoms with Gasteiger partial charge in [0.25, 0.3) is 0 Å². The van der Waals surface area contributed by atoms with Crippen molar-refractivity contribution in [1.82, 2.24) is 0 Å². The lowest BCUT2D eigenvalue weighted by molar-refractivity contribution is 0.301. The van der Waals surface area contributed by atoms with Gasteiger partial charge in [-0.1, -0.05) is 102 Å². The number of nitrogens with zero attached hydrogens (tertiary/aromatic N) is 1. The third-order valence-corrected chi connectivity index (χ3v) is 8.42. The van der Waals surface area contributed by atoms with Crippen LogP contribution in [0.1, 0.15) is 133 Å². The maximum absolute atomic E-state index is 15.2. The monoisotopic (exact) mass is 505 g/mol. The van der Waals surface area contributed by atoms with E-state index in [1.54, 1.807) is 0 Å². The molecule has 1 aliphatic rings. The second-order valence-electron chi connectivity index (χ2n) is 11.1. The van der Waals surface area contributed by atoms with Gasteiger partial charge in [0.1, 0.15) is 0 Å². The van der Waals surface area contributed by atoms with Crippen LogP contribution >= 0.6 is 0 Å². The fourth-order valence-corrected chi connectivity index (χ4v) is 6.06. The maximum atomic E-state index is 15.2. The van der Waals surface area contributed by atoms with Crippen molar-refractivity contribution in [3.63, 3.8) is 0 Å². The molecular formula is C34H48FNO. The summed E-state index contributed by atoms with van der Waals surface area (Å²) in [5.74, 6) is 1.34. The van der Waals surface area contributed by atoms with Crippen molar-refractivity contribution >= 4 is 0 Å². The number of hydrogen-bond donors (Lipinski definition) is 0. The molecule has 2 nitrogen and oxygen atoms in total. The second kappa shape index (κ2) is 15.8. The van der Waals surface area contributed by atoms with Crippen molar-refractivity contribution in [2.45, 2.75) is 122 Å². The molecule has 0 unspecified atom stereocenters. The van der Waals surface area contributed by atoms with Crippen LogP contribution in [0.15, 0.2) is 30.3 Å². The summed E-state index contributed by atoms with van der Waals surface area (Å²) in [4.78, 5) is 0. The van der Waals surface area contributed by atoms with Crippen LogP contribution < -0.4 is 4.74 Å². The van der Waals surface area contributed by atoms with Gasteiger partial charge < -0.3 is 4.74 Å². The standard InChI is InChI=1S/C34H48FNO/c1-4-6-8-9-10-11-12-13-14-26-16-18-27(19-17-26)29-21-22-31(30(24-29)25-36)32-23-20-28(15-7-5-2)33(35)34(32)37-3/h20-24,26-27H,4-19H2,1-3H3. The quantitative estimate of drug-likeness (QED) is 0.225. The second-order valence-corrected chi connectivity index (χ2v) is 11.1. The largest absolute Gasteiger partial charge is 0.493 e. The smallest absolute Gasteiger partial charge is 0.168 e. The third-order valence-electron chi connectivity index (χ3n) is 8.42. The zero-order valence-electron chi connectivity index (χ0n) is 23.6. The van der Waals surface area contributed by atoms with Gasteiger partial charge in [-0.05, 0) is 67.6 Å². The van der Waals surface area contributed by atoms with Crippen molar-refractivity contribution in [3.05, 3.63) is 52.8 Å². The maximum Gasteiger partial charge on any atom is 0.168 e. The van der Waals surface area contributed by atoms with Crippen LogP contribution in [0.5, 0.6) is 5.75 Å². The highest BCUT2D eigenvalue weighted by Gasteiger charge is 2.24. The van der Waals surface area contributed by atoms with Gasteiger partial charge in [0.05, 0.1) is 18.7 Å². The van der Waals surface area contributed by atoms with Gasteiger partial charge in [-0.3, -0.25) is 0 Å². The number of methoxy groups -OCH3 is 1. The molecular weight excluding hydrogens is 457 g/mol. The number of aryl methyl sites for hydroxylation is 1. The van der Waals surface area contributed by atoms with E-state index in [9.17, 15) is 5.26 Å². The van der Waals surface area contributed by atoms with Crippen LogP contribution in [-0.2, 0) is 6.42 Å². The Morgan fingerprint density at radius 3 is 2.14 bits per heavy atom. The Balaban J connectivity index is 1.57. The molecule has 3 rings (SSSR count). The molecule has 0 bridgehead atoms. The Morgan fingerprint density at radius 1 is 0.838 bits per heavy atom. The molecule has 1 fully saturated rings. The molecule has 0 spiro atoms. The molecule has 2 aromatic rings. The van der Waals surface area contributed by atoms with E-state index in [0.29, 0.717) is 29.0 Å². The minimum absolute atomic E-state index is 0.249. The molecule has 0 saturated heterocycles. The average molecular weight is 506 g/mol. The predicted octanol–water partition coefficient (Wildman–Crippen LogP) is 10.5. The summed E-state index contributed by atoms with van der Waals surface area (Å²) in [5.41, 5.74) is 3.97. The first-order valence-corrected chi connectivity index (χ1v) is 15.0. The summed E-state index contributed by atoms with van der Waals surface area (Å²) in [5, 5.41) is 9.96. The molecule has 0 heterocycles. The molecule has 0 aliphatic heterocycles. The SMILES string of the molecule is CCCCCCCCCCC1CCC(c2ccc(-c3ccc(CCCC)c(F)c3OC)c(C#N)c2)CC1. The number of benzene rings is 2. The topological polar surface area (TPSA) is 33.0 Å². The predicted molar refractivity (Wildman–Crippen MR) is 154 cm³/mol. The molecule has 0 radical (unpaired) electrons. The first kappa shape index (κ1) is 29.2. The van der Waals surface area contributed by atoms with Crippen LogP contribution in [0.4, 0.5) is 4.39 Å². The van der Waals surface area contributed by atoms with Crippen molar-refractivity contribution in [3.8, 4) is 22.9 Å². The van der Waals surface area contributed by atoms with Gasteiger partial charge in [-0.25, -0.2) is 4.39 Å². The lowest BCUT2D eigenvalue weighted by atomic mass is 9.76. The molecule has 1 aliphatic carbocycles. The number of hydrogen-bond acceptors (Lipinski definition) is 2. The van der Waals surface area contributed by atoms with Gasteiger partial charge >= 0.3 is 0 Å². The fourth-order valence-electron chi connectivity index (χ4n) is 6.06. The zero-order chi connectivity index (χ0) is 26.5. The molecule has 1 saturated carbocycles. The molecule has 0 amide bonds. The average Bonchev–Trinajstić information content (AvgIpc) is 2.93. The molecule has 0 aromatic heterocycles. The van der Waals surface area contributed by atoms with Crippen LogP contribution in [0.3, 0.4) is 0 Å². The number of rotatable bonds is 15. The Kier molecular flexibility index (Phi) is 12.5. The Bertz CT molecular complexity index is 1000. The summed E-state index contributed by atoms with van der Waals surface area (Å²) in [6.07, 6.45) is 20.2. The minimum atomic E-state index is -0.295. The molecule has 2 aromatic carbocycles. The first-order chi connectivity index (χ1) is 18.1. The van der Waals surface area contributed by atoms with Crippen molar-refractivity contribution < 1.29 is 9.13 Å². The Morgan fingerprint density at radius 2 is 1.49 bits per heavy atom. The molecule has 0 N–H and O–H groups in total. The molecule has 37 heavy (non-hydrogen) atoms. The van der Waals surface area contributed by atoms with E-state index in [2.05, 4.69) is 26.0 Å². The van der Waals surface area contributed by atoms with Crippen LogP contribution in [0, 0.1) is 23.1 Å². The van der Waals surface area contributed by atoms with Gasteiger partial charge in [0.15, 0.2) is 11.6 Å². The summed E-state index contributed by atoms with van der Waals surface area (Å²) in [6.45, 7) is 4.38. The van der Waals surface area contributed by atoms with Crippen molar-refractivity contribution in [2.75, 3.05) is 7.11 Å². The summed E-state index contributed by atoms with van der Waals surface area (Å²) in [6, 6.07) is 12.3. The summed E-state index contributed by atoms with van der Waals surface area (Å²) >= 11 is 0. The van der Waals surface area contributed by atoms with E-state index >= 15 is 4.39 Å². The van der Waals surface area contributed by atoms with Gasteiger partial charge in [-0.2, -0.15) is 5.26 Å². The lowest BCUT2D eigenvalue weighted by Gasteiger charge is -2.29. The summed E-state index contributed by atoms with van der Waals surface area (Å²) < 4.78 is 20.7. The van der Waals surface area contributed by atoms with Gasteiger partial charge in [0, 0.05) is 11.1 Å². The Hall–Kier alpha value is -2.34. The van der Waals surface area contributed by atoms with Crippen LogP contribution in [0.2, 0.25) is 0 Å². The van der Waals surface area contributed by atoms with Crippen LogP contribution in [0.25, 0.3) is 11.1 Å². The number of ether oxygens (including phenoxy) is 1. The van der Waals surface area contributed by atoms with Crippen molar-refractivity contribution in [2.24, 2.45) is 5.92 Å². The van der Waals surface area contributed by atoms with E-state index in [0.717, 1.165) is 24.3 Å². The minimum Gasteiger partial charge on any atom is -0.493 e. The van der Waals surface area contributed by atoms with E-state index in [4.69, 9.17) is 4.74 Å². The Labute approximate surface area is 225 Å². The molecule has 3 heteroatoms. The van der Waals surface area contributed by atoms with Crippen LogP contribution in [-0.4, -0.2) is 7.11 Å². The zero-order valence-corrected chi connectivity index (χ0v) is 23.6. The fraction of sp³-hybridized carbons (Fsp3) is 0.618. The van der Waals surface area contributed by atoms with E-state index in [1.165, 1.54) is 96.1 Å². The van der Waals surface area contributed by atoms with Crippen molar-refractivity contribution in [1.29, 1.82) is 5.26 Å². The summed E-state index contributed by atoms with van der Waals surface area (Å²) in [7, 11) is 1.51. The van der Waals surface area contributed by atoms with E-state index in [-0.39, 0.29) is 11.6 Å². The lowest BCUT2D eigenvalue weighted by Crippen LogP contribution is -2.13. The van der Waals surface area contributed by atoms with E-state index in [1.807, 2.05) is 24.3 Å². The first-order valence-electron chi connectivity index (χ1n) is 15.0. The highest BCUT2D eigenvalue weighted by Crippen LogP contribution is 2.41. The third kappa shape index (κ3) is 8.33. The number of unbranched alkanes of at least 4 members (excludes halogenated alkanes) is 8. The number of halogens is 1. The van der Waals surface area contributed by atoms with Gasteiger partial charge in [0.2, 0.25) is 0 Å². The highest BCUT2D eigenvalue weighted by atomic mass is 19.1. The van der Waals surface area contributed by atoms with Gasteiger partial charge in [-0.15, -0.1) is 0 Å². The van der Waals surface area contributed by atoms with E-state index < -0.39 is 0 Å². The molecule has 0 atom stereocenters.